The van der Waals surface area contributed by atoms with Crippen LogP contribution in [0.15, 0.2) is 36.4 Å². The van der Waals surface area contributed by atoms with Crippen LogP contribution in [-0.4, -0.2) is 12.8 Å². The molecule has 0 unspecified atom stereocenters. The van der Waals surface area contributed by atoms with E-state index in [4.69, 9.17) is 4.74 Å². The molecular weight excluding hydrogens is 301 g/mol. The summed E-state index contributed by atoms with van der Waals surface area (Å²) in [5, 5.41) is 0. The molecule has 0 aromatic heterocycles. The van der Waals surface area contributed by atoms with E-state index in [1.807, 2.05) is 12.1 Å². The highest BCUT2D eigenvalue weighted by Crippen LogP contribution is 2.36. The summed E-state index contributed by atoms with van der Waals surface area (Å²) in [5.41, 5.74) is 1.31. The van der Waals surface area contributed by atoms with Gasteiger partial charge in [0.1, 0.15) is 5.75 Å². The minimum atomic E-state index is -4.10. The molecule has 1 aromatic carbocycles. The maximum Gasteiger partial charge on any atom is 0.389 e. The van der Waals surface area contributed by atoms with Crippen LogP contribution in [0.1, 0.15) is 56.9 Å². The number of alkyl halides is 3. The predicted octanol–water partition coefficient (Wildman–Crippen LogP) is 6.26. The average molecular weight is 326 g/mol. The Morgan fingerprint density at radius 2 is 1.74 bits per heavy atom. The van der Waals surface area contributed by atoms with Crippen LogP contribution in [0.3, 0.4) is 0 Å². The molecule has 2 rings (SSSR count). The number of ether oxygens (including phenoxy) is 1. The van der Waals surface area contributed by atoms with Crippen LogP contribution in [0.2, 0.25) is 0 Å². The molecule has 0 spiro atoms. The molecule has 0 aliphatic heterocycles. The lowest BCUT2D eigenvalue weighted by molar-refractivity contribution is -0.136. The van der Waals surface area contributed by atoms with E-state index in [0.29, 0.717) is 17.6 Å². The van der Waals surface area contributed by atoms with Gasteiger partial charge in [0, 0.05) is 6.42 Å². The molecule has 0 bridgehead atoms. The fourth-order valence-electron chi connectivity index (χ4n) is 3.22. The lowest BCUT2D eigenvalue weighted by Crippen LogP contribution is -2.11. The van der Waals surface area contributed by atoms with Gasteiger partial charge in [-0.05, 0) is 68.6 Å². The van der Waals surface area contributed by atoms with Gasteiger partial charge in [-0.25, -0.2) is 0 Å². The van der Waals surface area contributed by atoms with Crippen molar-refractivity contribution in [2.24, 2.45) is 5.92 Å². The van der Waals surface area contributed by atoms with Gasteiger partial charge in [-0.2, -0.15) is 13.2 Å². The molecule has 1 aromatic rings. The van der Waals surface area contributed by atoms with E-state index < -0.39 is 12.6 Å². The molecule has 1 aliphatic rings. The highest BCUT2D eigenvalue weighted by molar-refractivity contribution is 5.29. The largest absolute Gasteiger partial charge is 0.494 e. The second-order valence-electron chi connectivity index (χ2n) is 6.27. The zero-order chi connectivity index (χ0) is 16.7. The maximum absolute atomic E-state index is 12.1. The Hall–Kier alpha value is -1.45. The van der Waals surface area contributed by atoms with E-state index in [9.17, 15) is 13.2 Å². The number of rotatable bonds is 6. The molecule has 1 saturated carbocycles. The Morgan fingerprint density at radius 1 is 1.09 bits per heavy atom. The molecule has 128 valence electrons. The molecule has 23 heavy (non-hydrogen) atoms. The van der Waals surface area contributed by atoms with Crippen molar-refractivity contribution in [1.29, 1.82) is 0 Å². The number of halogens is 3. The highest BCUT2D eigenvalue weighted by Gasteiger charge is 2.26. The quantitative estimate of drug-likeness (QED) is 0.443. The third kappa shape index (κ3) is 6.28. The first-order chi connectivity index (χ1) is 11.0. The third-order valence-corrected chi connectivity index (χ3v) is 4.46. The highest BCUT2D eigenvalue weighted by atomic mass is 19.4. The summed E-state index contributed by atoms with van der Waals surface area (Å²) in [7, 11) is 0. The molecule has 1 nitrogen and oxygen atoms in total. The number of benzene rings is 1. The monoisotopic (exact) mass is 326 g/mol. The fourth-order valence-corrected chi connectivity index (χ4v) is 3.22. The van der Waals surface area contributed by atoms with Crippen LogP contribution in [0.5, 0.6) is 5.75 Å². The molecule has 0 amide bonds. The molecule has 1 aliphatic carbocycles. The summed E-state index contributed by atoms with van der Waals surface area (Å²) < 4.78 is 41.6. The lowest BCUT2D eigenvalue weighted by atomic mass is 9.78. The smallest absolute Gasteiger partial charge is 0.389 e. The van der Waals surface area contributed by atoms with Crippen molar-refractivity contribution >= 4 is 0 Å². The Balaban J connectivity index is 1.76. The molecule has 0 heterocycles. The summed E-state index contributed by atoms with van der Waals surface area (Å²) in [6, 6.07) is 7.86. The van der Waals surface area contributed by atoms with Crippen molar-refractivity contribution < 1.29 is 17.9 Å². The van der Waals surface area contributed by atoms with Gasteiger partial charge >= 0.3 is 6.18 Å². The summed E-state index contributed by atoms with van der Waals surface area (Å²) in [5.74, 6) is 1.96. The van der Waals surface area contributed by atoms with Gasteiger partial charge in [-0.15, -0.1) is 0 Å². The topological polar surface area (TPSA) is 9.23 Å². The molecule has 0 saturated heterocycles. The second-order valence-corrected chi connectivity index (χ2v) is 6.27. The van der Waals surface area contributed by atoms with Gasteiger partial charge in [0.25, 0.3) is 0 Å². The van der Waals surface area contributed by atoms with Gasteiger partial charge in [0.2, 0.25) is 0 Å². The average Bonchev–Trinajstić information content (AvgIpc) is 2.52. The maximum atomic E-state index is 12.1. The minimum Gasteiger partial charge on any atom is -0.494 e. The van der Waals surface area contributed by atoms with Gasteiger partial charge < -0.3 is 4.74 Å². The van der Waals surface area contributed by atoms with E-state index in [0.717, 1.165) is 0 Å². The minimum absolute atomic E-state index is 0.000210. The van der Waals surface area contributed by atoms with E-state index in [-0.39, 0.29) is 13.0 Å². The van der Waals surface area contributed by atoms with E-state index >= 15 is 0 Å². The molecule has 0 N–H and O–H groups in total. The Morgan fingerprint density at radius 3 is 2.30 bits per heavy atom. The Labute approximate surface area is 136 Å². The zero-order valence-corrected chi connectivity index (χ0v) is 13.6. The Bertz CT molecular complexity index is 482. The fraction of sp³-hybridized carbons (Fsp3) is 0.579. The normalized spacial score (nSPS) is 22.4. The van der Waals surface area contributed by atoms with E-state index in [1.54, 1.807) is 0 Å². The first kappa shape index (κ1) is 17.9. The first-order valence-electron chi connectivity index (χ1n) is 8.40. The standard InChI is InChI=1S/C19H25F3O/c1-2-4-15-5-7-16(8-6-15)17-9-11-18(12-10-17)23-14-3-13-19(20,21)22/h2,4,9-12,15-16H,3,5-8,13-14H2,1H3. The number of hydrogen-bond acceptors (Lipinski definition) is 1. The Kier molecular flexibility index (Phi) is 6.55. The van der Waals surface area contributed by atoms with Crippen molar-refractivity contribution in [3.63, 3.8) is 0 Å². The molecule has 0 atom stereocenters. The van der Waals surface area contributed by atoms with Crippen molar-refractivity contribution in [3.8, 4) is 5.75 Å². The third-order valence-electron chi connectivity index (χ3n) is 4.46. The molecule has 0 radical (unpaired) electrons. The molecule has 4 heteroatoms. The number of hydrogen-bond donors (Lipinski definition) is 0. The van der Waals surface area contributed by atoms with Crippen molar-refractivity contribution in [1.82, 2.24) is 0 Å². The van der Waals surface area contributed by atoms with Crippen molar-refractivity contribution in [2.75, 3.05) is 6.61 Å². The summed E-state index contributed by atoms with van der Waals surface area (Å²) >= 11 is 0. The van der Waals surface area contributed by atoms with Crippen LogP contribution >= 0.6 is 0 Å². The van der Waals surface area contributed by atoms with Crippen LogP contribution in [-0.2, 0) is 0 Å². The van der Waals surface area contributed by atoms with Crippen LogP contribution in [0.4, 0.5) is 13.2 Å². The van der Waals surface area contributed by atoms with Gasteiger partial charge in [-0.3, -0.25) is 0 Å². The molecule has 1 fully saturated rings. The predicted molar refractivity (Wildman–Crippen MR) is 86.7 cm³/mol. The van der Waals surface area contributed by atoms with Crippen LogP contribution in [0.25, 0.3) is 0 Å². The number of allylic oxidation sites excluding steroid dienone is 2. The van der Waals surface area contributed by atoms with E-state index in [1.165, 1.54) is 31.2 Å². The summed E-state index contributed by atoms with van der Waals surface area (Å²) in [6.07, 6.45) is 4.39. The van der Waals surface area contributed by atoms with Gasteiger partial charge in [0.15, 0.2) is 0 Å². The van der Waals surface area contributed by atoms with Gasteiger partial charge in [-0.1, -0.05) is 24.3 Å². The lowest BCUT2D eigenvalue weighted by Gasteiger charge is -2.27. The van der Waals surface area contributed by atoms with E-state index in [2.05, 4.69) is 31.2 Å². The summed E-state index contributed by atoms with van der Waals surface area (Å²) in [4.78, 5) is 0. The summed E-state index contributed by atoms with van der Waals surface area (Å²) in [6.45, 7) is 2.17. The van der Waals surface area contributed by atoms with Crippen molar-refractivity contribution in [2.45, 2.75) is 57.5 Å². The second kappa shape index (κ2) is 8.42. The van der Waals surface area contributed by atoms with Crippen molar-refractivity contribution in [3.05, 3.63) is 42.0 Å². The molecular formula is C19H25F3O. The van der Waals surface area contributed by atoms with Crippen LogP contribution in [0, 0.1) is 5.92 Å². The van der Waals surface area contributed by atoms with Gasteiger partial charge in [0.05, 0.1) is 6.61 Å². The first-order valence-corrected chi connectivity index (χ1v) is 8.40. The SMILES string of the molecule is CC=CC1CCC(c2ccc(OCCCC(F)(F)F)cc2)CC1. The zero-order valence-electron chi connectivity index (χ0n) is 13.6. The van der Waals surface area contributed by atoms with Crippen LogP contribution < -0.4 is 4.74 Å².